The van der Waals surface area contributed by atoms with Gasteiger partial charge < -0.3 is 10.1 Å². The first-order valence-electron chi connectivity index (χ1n) is 7.14. The van der Waals surface area contributed by atoms with Gasteiger partial charge in [-0.2, -0.15) is 4.31 Å². The van der Waals surface area contributed by atoms with Gasteiger partial charge in [-0.1, -0.05) is 29.8 Å². The highest BCUT2D eigenvalue weighted by atomic mass is 35.5. The van der Waals surface area contributed by atoms with Gasteiger partial charge in [0.1, 0.15) is 5.75 Å². The first-order valence-corrected chi connectivity index (χ1v) is 8.96. The Morgan fingerprint density at radius 2 is 2.00 bits per heavy atom. The van der Waals surface area contributed by atoms with E-state index in [0.717, 1.165) is 0 Å². The number of rotatable bonds is 4. The maximum Gasteiger partial charge on any atom is 0.262 e. The van der Waals surface area contributed by atoms with Crippen LogP contribution in [0.2, 0.25) is 5.02 Å². The molecule has 0 bridgehead atoms. The summed E-state index contributed by atoms with van der Waals surface area (Å²) in [5.74, 6) is 0.128. The van der Waals surface area contributed by atoms with E-state index in [4.69, 9.17) is 16.3 Å². The summed E-state index contributed by atoms with van der Waals surface area (Å²) in [7, 11) is -2.26. The Hall–Kier alpha value is -2.09. The summed E-state index contributed by atoms with van der Waals surface area (Å²) in [5, 5.41) is 3.11. The summed E-state index contributed by atoms with van der Waals surface area (Å²) in [6, 6.07) is 11.4. The molecule has 0 fully saturated rings. The summed E-state index contributed by atoms with van der Waals surface area (Å²) in [4.78, 5) is 11.5. The smallest absolute Gasteiger partial charge is 0.262 e. The number of hydrogen-bond acceptors (Lipinski definition) is 4. The van der Waals surface area contributed by atoms with Gasteiger partial charge >= 0.3 is 0 Å². The second-order valence-electron chi connectivity index (χ2n) is 5.35. The molecule has 2 aromatic rings. The highest BCUT2D eigenvalue weighted by Crippen LogP contribution is 2.31. The molecule has 0 aromatic heterocycles. The van der Waals surface area contributed by atoms with Gasteiger partial charge in [-0.05, 0) is 29.8 Å². The summed E-state index contributed by atoms with van der Waals surface area (Å²) in [5.41, 5.74) is 1.05. The Balaban J connectivity index is 1.89. The van der Waals surface area contributed by atoms with Crippen LogP contribution in [-0.4, -0.2) is 32.3 Å². The van der Waals surface area contributed by atoms with Crippen molar-refractivity contribution in [3.05, 3.63) is 53.1 Å². The predicted octanol–water partition coefficient (Wildman–Crippen LogP) is 2.49. The third-order valence-corrected chi connectivity index (χ3v) is 5.81. The Labute approximate surface area is 145 Å². The molecular formula is C16H15ClN2O4S. The number of ether oxygens (including phenoxy) is 1. The normalized spacial score (nSPS) is 14.0. The fourth-order valence-electron chi connectivity index (χ4n) is 2.35. The number of carbonyl (C=O) groups excluding carboxylic acids is 1. The zero-order valence-electron chi connectivity index (χ0n) is 12.8. The number of nitrogens with one attached hydrogen (secondary N) is 1. The lowest BCUT2D eigenvalue weighted by atomic mass is 10.2. The number of carbonyl (C=O) groups is 1. The molecule has 1 aliphatic heterocycles. The van der Waals surface area contributed by atoms with Crippen LogP contribution in [0.1, 0.15) is 5.56 Å². The molecular weight excluding hydrogens is 352 g/mol. The van der Waals surface area contributed by atoms with Crippen LogP contribution < -0.4 is 10.1 Å². The SMILES string of the molecule is CN(Cc1ccccc1Cl)S(=O)(=O)c1ccc2c(c1)NC(=O)CO2. The molecule has 24 heavy (non-hydrogen) atoms. The van der Waals surface area contributed by atoms with Crippen LogP contribution in [0.3, 0.4) is 0 Å². The monoisotopic (exact) mass is 366 g/mol. The molecule has 6 nitrogen and oxygen atoms in total. The van der Waals surface area contributed by atoms with Gasteiger partial charge in [0.05, 0.1) is 10.6 Å². The number of sulfonamides is 1. The highest BCUT2D eigenvalue weighted by molar-refractivity contribution is 7.89. The van der Waals surface area contributed by atoms with Gasteiger partial charge in [0.15, 0.2) is 6.61 Å². The first-order chi connectivity index (χ1) is 11.4. The minimum atomic E-state index is -3.74. The molecule has 0 aliphatic carbocycles. The highest BCUT2D eigenvalue weighted by Gasteiger charge is 2.24. The van der Waals surface area contributed by atoms with Crippen molar-refractivity contribution < 1.29 is 17.9 Å². The maximum absolute atomic E-state index is 12.7. The van der Waals surface area contributed by atoms with Gasteiger partial charge in [-0.3, -0.25) is 4.79 Å². The second kappa shape index (κ2) is 6.43. The predicted molar refractivity (Wildman–Crippen MR) is 90.7 cm³/mol. The molecule has 2 aromatic carbocycles. The molecule has 1 N–H and O–H groups in total. The third kappa shape index (κ3) is 3.24. The third-order valence-electron chi connectivity index (χ3n) is 3.64. The van der Waals surface area contributed by atoms with E-state index in [-0.39, 0.29) is 24.0 Å². The topological polar surface area (TPSA) is 75.7 Å². The molecule has 0 saturated carbocycles. The van der Waals surface area contributed by atoms with E-state index >= 15 is 0 Å². The number of halogens is 1. The number of anilines is 1. The molecule has 126 valence electrons. The molecule has 0 unspecified atom stereocenters. The fraction of sp³-hybridized carbons (Fsp3) is 0.188. The van der Waals surface area contributed by atoms with Crippen LogP contribution in [-0.2, 0) is 21.4 Å². The fourth-order valence-corrected chi connectivity index (χ4v) is 3.73. The van der Waals surface area contributed by atoms with E-state index in [2.05, 4.69) is 5.32 Å². The van der Waals surface area contributed by atoms with Crippen molar-refractivity contribution in [1.29, 1.82) is 0 Å². The summed E-state index contributed by atoms with van der Waals surface area (Å²) < 4.78 is 31.9. The van der Waals surface area contributed by atoms with Gasteiger partial charge in [-0.25, -0.2) is 8.42 Å². The van der Waals surface area contributed by atoms with Gasteiger partial charge in [0.25, 0.3) is 5.91 Å². The minimum absolute atomic E-state index is 0.0709. The van der Waals surface area contributed by atoms with E-state index in [0.29, 0.717) is 22.0 Å². The molecule has 0 spiro atoms. The number of benzene rings is 2. The van der Waals surface area contributed by atoms with Crippen molar-refractivity contribution >= 4 is 33.2 Å². The van der Waals surface area contributed by atoms with Crippen LogP contribution >= 0.6 is 11.6 Å². The van der Waals surface area contributed by atoms with Gasteiger partial charge in [0, 0.05) is 18.6 Å². The van der Waals surface area contributed by atoms with E-state index in [1.165, 1.54) is 29.6 Å². The Kier molecular flexibility index (Phi) is 4.49. The van der Waals surface area contributed by atoms with Crippen molar-refractivity contribution in [2.24, 2.45) is 0 Å². The largest absolute Gasteiger partial charge is 0.482 e. The van der Waals surface area contributed by atoms with Crippen LogP contribution in [0.4, 0.5) is 5.69 Å². The lowest BCUT2D eigenvalue weighted by molar-refractivity contribution is -0.118. The lowest BCUT2D eigenvalue weighted by Gasteiger charge is -2.21. The molecule has 8 heteroatoms. The van der Waals surface area contributed by atoms with Crippen LogP contribution in [0.25, 0.3) is 0 Å². The molecule has 0 atom stereocenters. The minimum Gasteiger partial charge on any atom is -0.482 e. The Morgan fingerprint density at radius 3 is 2.75 bits per heavy atom. The quantitative estimate of drug-likeness (QED) is 0.902. The molecule has 1 heterocycles. The van der Waals surface area contributed by atoms with Crippen molar-refractivity contribution in [3.8, 4) is 5.75 Å². The van der Waals surface area contributed by atoms with Crippen molar-refractivity contribution in [3.63, 3.8) is 0 Å². The van der Waals surface area contributed by atoms with Crippen molar-refractivity contribution in [1.82, 2.24) is 4.31 Å². The van der Waals surface area contributed by atoms with E-state index in [1.807, 2.05) is 0 Å². The molecule has 0 saturated heterocycles. The van der Waals surface area contributed by atoms with Crippen LogP contribution in [0, 0.1) is 0 Å². The lowest BCUT2D eigenvalue weighted by Crippen LogP contribution is -2.28. The standard InChI is InChI=1S/C16H15ClN2O4S/c1-19(9-11-4-2-3-5-13(11)17)24(21,22)12-6-7-15-14(8-12)18-16(20)10-23-15/h2-8H,9-10H2,1H3,(H,18,20). The Bertz CT molecular complexity index is 899. The zero-order chi connectivity index (χ0) is 17.3. The Morgan fingerprint density at radius 1 is 1.25 bits per heavy atom. The molecule has 0 radical (unpaired) electrons. The summed E-state index contributed by atoms with van der Waals surface area (Å²) in [6.07, 6.45) is 0. The summed E-state index contributed by atoms with van der Waals surface area (Å²) in [6.45, 7) is 0.0630. The van der Waals surface area contributed by atoms with Gasteiger partial charge in [0.2, 0.25) is 10.0 Å². The number of fused-ring (bicyclic) bond motifs is 1. The van der Waals surface area contributed by atoms with E-state index in [9.17, 15) is 13.2 Å². The average molecular weight is 367 g/mol. The zero-order valence-corrected chi connectivity index (χ0v) is 14.4. The molecule has 1 amide bonds. The summed E-state index contributed by atoms with van der Waals surface area (Å²) >= 11 is 6.09. The number of hydrogen-bond donors (Lipinski definition) is 1. The number of amides is 1. The van der Waals surface area contributed by atoms with Crippen molar-refractivity contribution in [2.45, 2.75) is 11.4 Å². The molecule has 1 aliphatic rings. The van der Waals surface area contributed by atoms with Crippen LogP contribution in [0.15, 0.2) is 47.4 Å². The van der Waals surface area contributed by atoms with Crippen LogP contribution in [0.5, 0.6) is 5.75 Å². The molecule has 3 rings (SSSR count). The second-order valence-corrected chi connectivity index (χ2v) is 7.80. The number of nitrogens with zero attached hydrogens (tertiary/aromatic N) is 1. The van der Waals surface area contributed by atoms with Gasteiger partial charge in [-0.15, -0.1) is 0 Å². The van der Waals surface area contributed by atoms with Crippen molar-refractivity contribution in [2.75, 3.05) is 19.0 Å². The van der Waals surface area contributed by atoms with E-state index < -0.39 is 10.0 Å². The maximum atomic E-state index is 12.7. The average Bonchev–Trinajstić information content (AvgIpc) is 2.56. The van der Waals surface area contributed by atoms with E-state index in [1.54, 1.807) is 24.3 Å². The first kappa shape index (κ1) is 16.8.